The van der Waals surface area contributed by atoms with Crippen LogP contribution in [0.25, 0.3) is 5.69 Å². The zero-order valence-electron chi connectivity index (χ0n) is 16.6. The molecule has 4 nitrogen and oxygen atoms in total. The van der Waals surface area contributed by atoms with Crippen LogP contribution < -0.4 is 10.2 Å². The van der Waals surface area contributed by atoms with Gasteiger partial charge in [0.05, 0.1) is 23.6 Å². The Kier molecular flexibility index (Phi) is 5.31. The Balaban J connectivity index is 1.77. The van der Waals surface area contributed by atoms with E-state index in [1.54, 1.807) is 0 Å². The normalized spacial score (nSPS) is 15.2. The quantitative estimate of drug-likeness (QED) is 0.641. The fourth-order valence-corrected chi connectivity index (χ4v) is 3.91. The van der Waals surface area contributed by atoms with Crippen LogP contribution in [0.5, 0.6) is 0 Å². The van der Waals surface area contributed by atoms with Gasteiger partial charge in [0.2, 0.25) is 5.91 Å². The fourth-order valence-electron chi connectivity index (χ4n) is 3.91. The van der Waals surface area contributed by atoms with Crippen LogP contribution in [0.4, 0.5) is 5.69 Å². The van der Waals surface area contributed by atoms with Crippen molar-refractivity contribution in [3.8, 4) is 5.69 Å². The lowest BCUT2D eigenvalue weighted by molar-refractivity contribution is -0.118. The number of para-hydroxylation sites is 2. The molecule has 1 aromatic heterocycles. The summed E-state index contributed by atoms with van der Waals surface area (Å²) >= 11 is 0. The van der Waals surface area contributed by atoms with E-state index in [0.717, 1.165) is 42.0 Å². The van der Waals surface area contributed by atoms with Gasteiger partial charge in [-0.15, -0.1) is 0 Å². The molecule has 1 aliphatic rings. The average Bonchev–Trinajstić information content (AvgIpc) is 3.21. The molecule has 144 valence electrons. The van der Waals surface area contributed by atoms with Crippen molar-refractivity contribution in [2.24, 2.45) is 0 Å². The van der Waals surface area contributed by atoms with E-state index in [9.17, 15) is 4.79 Å². The van der Waals surface area contributed by atoms with Gasteiger partial charge in [-0.25, -0.2) is 0 Å². The highest BCUT2D eigenvalue weighted by atomic mass is 16.2. The molecule has 2 heterocycles. The number of nitrogens with one attached hydrogen (secondary N) is 1. The Morgan fingerprint density at radius 3 is 2.50 bits per heavy atom. The van der Waals surface area contributed by atoms with Crippen LogP contribution in [0, 0.1) is 6.92 Å². The molecule has 0 aliphatic carbocycles. The maximum atomic E-state index is 13.4. The van der Waals surface area contributed by atoms with Gasteiger partial charge in [-0.2, -0.15) is 0 Å². The summed E-state index contributed by atoms with van der Waals surface area (Å²) in [5, 5.41) is 3.32. The van der Waals surface area contributed by atoms with E-state index in [-0.39, 0.29) is 11.9 Å². The first kappa shape index (κ1) is 18.5. The second kappa shape index (κ2) is 8.03. The molecular weight excluding hydrogens is 346 g/mol. The molecule has 0 radical (unpaired) electrons. The number of anilines is 1. The Morgan fingerprint density at radius 2 is 1.75 bits per heavy atom. The zero-order valence-corrected chi connectivity index (χ0v) is 16.6. The van der Waals surface area contributed by atoms with Gasteiger partial charge in [-0.05, 0) is 49.7 Å². The van der Waals surface area contributed by atoms with Crippen LogP contribution in [0.1, 0.15) is 42.6 Å². The lowest BCUT2D eigenvalue weighted by Crippen LogP contribution is -2.44. The van der Waals surface area contributed by atoms with Gasteiger partial charge in [-0.1, -0.05) is 55.3 Å². The summed E-state index contributed by atoms with van der Waals surface area (Å²) in [5.41, 5.74) is 5.47. The highest BCUT2D eigenvalue weighted by Gasteiger charge is 2.35. The summed E-state index contributed by atoms with van der Waals surface area (Å²) in [4.78, 5) is 15.3. The second-order valence-corrected chi connectivity index (χ2v) is 7.40. The number of nitrogens with zero attached hydrogens (tertiary/aromatic N) is 2. The first-order valence-electron chi connectivity index (χ1n) is 10.1. The third-order valence-electron chi connectivity index (χ3n) is 5.36. The summed E-state index contributed by atoms with van der Waals surface area (Å²) < 4.78 is 2.20. The third-order valence-corrected chi connectivity index (χ3v) is 5.36. The first-order valence-corrected chi connectivity index (χ1v) is 10.1. The van der Waals surface area contributed by atoms with Crippen molar-refractivity contribution in [1.29, 1.82) is 0 Å². The number of amides is 1. The van der Waals surface area contributed by atoms with Crippen molar-refractivity contribution in [1.82, 2.24) is 9.88 Å². The SMILES string of the molecule is CCCCNCC(=O)N1c2ccccc2-n2cccc2[C@@H]1c1ccc(C)cc1. The molecular formula is C24H27N3O. The molecule has 0 unspecified atom stereocenters. The van der Waals surface area contributed by atoms with Crippen LogP contribution in [-0.4, -0.2) is 23.6 Å². The number of unbranched alkanes of at least 4 members (excludes halogenated alkanes) is 1. The smallest absolute Gasteiger partial charge is 0.241 e. The van der Waals surface area contributed by atoms with E-state index < -0.39 is 0 Å². The lowest BCUT2D eigenvalue weighted by atomic mass is 9.97. The van der Waals surface area contributed by atoms with Gasteiger partial charge in [0.25, 0.3) is 0 Å². The molecule has 0 bridgehead atoms. The van der Waals surface area contributed by atoms with Gasteiger partial charge in [0.15, 0.2) is 0 Å². The molecule has 0 spiro atoms. The third kappa shape index (κ3) is 3.36. The highest BCUT2D eigenvalue weighted by Crippen LogP contribution is 2.42. The minimum atomic E-state index is -0.133. The van der Waals surface area contributed by atoms with Gasteiger partial charge < -0.3 is 9.88 Å². The molecule has 3 aromatic rings. The minimum absolute atomic E-state index is 0.0987. The average molecular weight is 374 g/mol. The predicted octanol–water partition coefficient (Wildman–Crippen LogP) is 4.61. The van der Waals surface area contributed by atoms with Crippen LogP contribution in [0.3, 0.4) is 0 Å². The van der Waals surface area contributed by atoms with Crippen molar-refractivity contribution in [2.45, 2.75) is 32.7 Å². The van der Waals surface area contributed by atoms with Gasteiger partial charge in [0.1, 0.15) is 6.04 Å². The minimum Gasteiger partial charge on any atom is -0.316 e. The van der Waals surface area contributed by atoms with E-state index in [2.05, 4.69) is 72.4 Å². The van der Waals surface area contributed by atoms with E-state index in [1.807, 2.05) is 23.1 Å². The summed E-state index contributed by atoms with van der Waals surface area (Å²) in [6.07, 6.45) is 4.28. The van der Waals surface area contributed by atoms with E-state index in [1.165, 1.54) is 5.56 Å². The summed E-state index contributed by atoms with van der Waals surface area (Å²) in [6.45, 7) is 5.45. The molecule has 1 atom stereocenters. The largest absolute Gasteiger partial charge is 0.316 e. The number of aryl methyl sites for hydroxylation is 1. The molecule has 4 heteroatoms. The number of hydrogen-bond donors (Lipinski definition) is 1. The van der Waals surface area contributed by atoms with E-state index in [4.69, 9.17) is 0 Å². The number of hydrogen-bond acceptors (Lipinski definition) is 2. The summed E-state index contributed by atoms with van der Waals surface area (Å²) in [5.74, 6) is 0.0987. The zero-order chi connectivity index (χ0) is 19.5. The van der Waals surface area contributed by atoms with E-state index in [0.29, 0.717) is 6.54 Å². The van der Waals surface area contributed by atoms with E-state index >= 15 is 0 Å². The predicted molar refractivity (Wildman–Crippen MR) is 114 cm³/mol. The Labute approximate surface area is 166 Å². The van der Waals surface area contributed by atoms with Crippen molar-refractivity contribution in [2.75, 3.05) is 18.0 Å². The second-order valence-electron chi connectivity index (χ2n) is 7.40. The van der Waals surface area contributed by atoms with Gasteiger partial charge >= 0.3 is 0 Å². The monoisotopic (exact) mass is 373 g/mol. The first-order chi connectivity index (χ1) is 13.7. The van der Waals surface area contributed by atoms with Gasteiger partial charge in [0, 0.05) is 6.20 Å². The molecule has 1 N–H and O–H groups in total. The lowest BCUT2D eigenvalue weighted by Gasteiger charge is -2.38. The van der Waals surface area contributed by atoms with Crippen molar-refractivity contribution in [3.05, 3.63) is 83.7 Å². The standard InChI is InChI=1S/C24H27N3O/c1-3-4-15-25-17-23(28)27-21-9-6-5-8-20(21)26-16-7-10-22(26)24(27)19-13-11-18(2)12-14-19/h5-14,16,24-25H,3-4,15,17H2,1-2H3/t24-/m0/s1. The Hall–Kier alpha value is -2.85. The summed E-state index contributed by atoms with van der Waals surface area (Å²) in [6, 6.07) is 20.7. The van der Waals surface area contributed by atoms with Crippen molar-refractivity contribution < 1.29 is 4.79 Å². The number of fused-ring (bicyclic) bond motifs is 3. The van der Waals surface area contributed by atoms with Crippen molar-refractivity contribution in [3.63, 3.8) is 0 Å². The van der Waals surface area contributed by atoms with Crippen LogP contribution in [-0.2, 0) is 4.79 Å². The van der Waals surface area contributed by atoms with Crippen LogP contribution in [0.2, 0.25) is 0 Å². The maximum absolute atomic E-state index is 13.4. The number of rotatable bonds is 6. The molecule has 0 saturated heterocycles. The molecule has 0 saturated carbocycles. The molecule has 4 rings (SSSR count). The Morgan fingerprint density at radius 1 is 1.00 bits per heavy atom. The number of aromatic nitrogens is 1. The number of carbonyl (C=O) groups is 1. The van der Waals surface area contributed by atoms with Crippen LogP contribution in [0.15, 0.2) is 66.9 Å². The maximum Gasteiger partial charge on any atom is 0.241 e. The molecule has 28 heavy (non-hydrogen) atoms. The Bertz CT molecular complexity index is 958. The van der Waals surface area contributed by atoms with Crippen molar-refractivity contribution >= 4 is 11.6 Å². The highest BCUT2D eigenvalue weighted by molar-refractivity contribution is 5.99. The molecule has 1 amide bonds. The summed E-state index contributed by atoms with van der Waals surface area (Å²) in [7, 11) is 0. The topological polar surface area (TPSA) is 37.3 Å². The van der Waals surface area contributed by atoms with Gasteiger partial charge in [-0.3, -0.25) is 9.69 Å². The molecule has 1 aliphatic heterocycles. The molecule has 0 fully saturated rings. The fraction of sp³-hybridized carbons (Fsp3) is 0.292. The van der Waals surface area contributed by atoms with Crippen LogP contribution >= 0.6 is 0 Å². The number of carbonyl (C=O) groups excluding carboxylic acids is 1. The molecule has 2 aromatic carbocycles. The number of benzene rings is 2.